The molecule has 0 saturated heterocycles. The van der Waals surface area contributed by atoms with Crippen molar-refractivity contribution in [1.82, 2.24) is 10.2 Å². The van der Waals surface area contributed by atoms with Gasteiger partial charge in [0.1, 0.15) is 0 Å². The standard InChI is InChI=1S/C10H16N4O2/c1-3-16-7-6-14(2)9-5-4-8(10(11)15)12-13-9/h4-5H,3,6-7H2,1-2H3,(H2,11,15). The molecule has 0 saturated carbocycles. The number of ether oxygens (including phenoxy) is 1. The Hall–Kier alpha value is -1.69. The Morgan fingerprint density at radius 2 is 2.25 bits per heavy atom. The fraction of sp³-hybridized carbons (Fsp3) is 0.500. The minimum atomic E-state index is -0.573. The molecule has 16 heavy (non-hydrogen) atoms. The van der Waals surface area contributed by atoms with Crippen LogP contribution in [0.2, 0.25) is 0 Å². The number of amides is 1. The summed E-state index contributed by atoms with van der Waals surface area (Å²) < 4.78 is 5.22. The molecule has 1 heterocycles. The van der Waals surface area contributed by atoms with Crippen molar-refractivity contribution < 1.29 is 9.53 Å². The lowest BCUT2D eigenvalue weighted by molar-refractivity contribution is 0.0994. The van der Waals surface area contributed by atoms with Gasteiger partial charge in [-0.25, -0.2) is 0 Å². The average Bonchev–Trinajstić information content (AvgIpc) is 2.29. The summed E-state index contributed by atoms with van der Waals surface area (Å²) in [4.78, 5) is 12.7. The van der Waals surface area contributed by atoms with Gasteiger partial charge in [0.2, 0.25) is 0 Å². The quantitative estimate of drug-likeness (QED) is 0.690. The molecule has 0 fully saturated rings. The lowest BCUT2D eigenvalue weighted by Crippen LogP contribution is -2.24. The van der Waals surface area contributed by atoms with Crippen molar-refractivity contribution >= 4 is 11.7 Å². The Morgan fingerprint density at radius 1 is 1.50 bits per heavy atom. The summed E-state index contributed by atoms with van der Waals surface area (Å²) in [6.07, 6.45) is 0. The zero-order valence-electron chi connectivity index (χ0n) is 9.51. The Balaban J connectivity index is 2.56. The Bertz CT molecular complexity index is 339. The smallest absolute Gasteiger partial charge is 0.269 e. The van der Waals surface area contributed by atoms with Crippen molar-refractivity contribution in [3.8, 4) is 0 Å². The highest BCUT2D eigenvalue weighted by molar-refractivity contribution is 5.90. The van der Waals surface area contributed by atoms with Gasteiger partial charge >= 0.3 is 0 Å². The van der Waals surface area contributed by atoms with Gasteiger partial charge in [-0.15, -0.1) is 10.2 Å². The van der Waals surface area contributed by atoms with Gasteiger partial charge < -0.3 is 15.4 Å². The normalized spacial score (nSPS) is 10.1. The van der Waals surface area contributed by atoms with Crippen LogP contribution in [-0.4, -0.2) is 42.9 Å². The Kier molecular flexibility index (Phi) is 4.65. The van der Waals surface area contributed by atoms with E-state index in [1.165, 1.54) is 0 Å². The number of rotatable bonds is 6. The summed E-state index contributed by atoms with van der Waals surface area (Å²) >= 11 is 0. The van der Waals surface area contributed by atoms with Crippen LogP contribution in [0.15, 0.2) is 12.1 Å². The third-order valence-electron chi connectivity index (χ3n) is 2.07. The molecule has 0 unspecified atom stereocenters. The minimum Gasteiger partial charge on any atom is -0.380 e. The van der Waals surface area contributed by atoms with Gasteiger partial charge in [-0.2, -0.15) is 0 Å². The number of nitrogens with zero attached hydrogens (tertiary/aromatic N) is 3. The second kappa shape index (κ2) is 6.02. The number of anilines is 1. The first-order valence-corrected chi connectivity index (χ1v) is 5.07. The highest BCUT2D eigenvalue weighted by atomic mass is 16.5. The van der Waals surface area contributed by atoms with Crippen molar-refractivity contribution in [2.45, 2.75) is 6.92 Å². The second-order valence-electron chi connectivity index (χ2n) is 3.26. The maximum absolute atomic E-state index is 10.8. The van der Waals surface area contributed by atoms with Gasteiger partial charge in [-0.1, -0.05) is 0 Å². The SMILES string of the molecule is CCOCCN(C)c1ccc(C(N)=O)nn1. The number of primary amides is 1. The monoisotopic (exact) mass is 224 g/mol. The van der Waals surface area contributed by atoms with E-state index in [1.807, 2.05) is 18.9 Å². The molecule has 1 amide bonds. The molecular formula is C10H16N4O2. The summed E-state index contributed by atoms with van der Waals surface area (Å²) in [5, 5.41) is 7.62. The molecule has 0 bridgehead atoms. The first-order valence-electron chi connectivity index (χ1n) is 5.07. The predicted octanol–water partition coefficient (Wildman–Crippen LogP) is 0.0482. The van der Waals surface area contributed by atoms with Crippen molar-refractivity contribution in [1.29, 1.82) is 0 Å². The molecule has 0 atom stereocenters. The molecule has 0 aliphatic rings. The summed E-state index contributed by atoms with van der Waals surface area (Å²) in [5.74, 6) is 0.112. The molecule has 0 spiro atoms. The van der Waals surface area contributed by atoms with E-state index >= 15 is 0 Å². The number of carbonyl (C=O) groups is 1. The number of carbonyl (C=O) groups excluding carboxylic acids is 1. The van der Waals surface area contributed by atoms with Crippen molar-refractivity contribution in [3.63, 3.8) is 0 Å². The first-order chi connectivity index (χ1) is 7.65. The molecule has 1 aromatic rings. The molecule has 88 valence electrons. The number of aromatic nitrogens is 2. The Morgan fingerprint density at radius 3 is 2.75 bits per heavy atom. The molecule has 6 nitrogen and oxygen atoms in total. The van der Waals surface area contributed by atoms with E-state index in [1.54, 1.807) is 12.1 Å². The van der Waals surface area contributed by atoms with E-state index in [4.69, 9.17) is 10.5 Å². The fourth-order valence-electron chi connectivity index (χ4n) is 1.12. The van der Waals surface area contributed by atoms with Gasteiger partial charge in [0.05, 0.1) is 6.61 Å². The van der Waals surface area contributed by atoms with Crippen molar-refractivity contribution in [2.75, 3.05) is 31.7 Å². The predicted molar refractivity (Wildman–Crippen MR) is 60.3 cm³/mol. The second-order valence-corrected chi connectivity index (χ2v) is 3.26. The summed E-state index contributed by atoms with van der Waals surface area (Å²) in [5.41, 5.74) is 5.23. The lowest BCUT2D eigenvalue weighted by Gasteiger charge is -2.16. The fourth-order valence-corrected chi connectivity index (χ4v) is 1.12. The van der Waals surface area contributed by atoms with E-state index in [2.05, 4.69) is 10.2 Å². The van der Waals surface area contributed by atoms with Crippen molar-refractivity contribution in [3.05, 3.63) is 17.8 Å². The molecule has 0 aliphatic carbocycles. The molecule has 1 aromatic heterocycles. The molecule has 0 aromatic carbocycles. The van der Waals surface area contributed by atoms with E-state index in [-0.39, 0.29) is 5.69 Å². The summed E-state index contributed by atoms with van der Waals surface area (Å²) in [6, 6.07) is 3.26. The zero-order chi connectivity index (χ0) is 12.0. The van der Waals surface area contributed by atoms with Gasteiger partial charge in [-0.3, -0.25) is 4.79 Å². The van der Waals surface area contributed by atoms with Crippen LogP contribution in [0.1, 0.15) is 17.4 Å². The summed E-state index contributed by atoms with van der Waals surface area (Å²) in [7, 11) is 1.88. The number of likely N-dealkylation sites (N-methyl/N-ethyl adjacent to an activating group) is 1. The third-order valence-corrected chi connectivity index (χ3v) is 2.07. The van der Waals surface area contributed by atoms with Crippen LogP contribution < -0.4 is 10.6 Å². The van der Waals surface area contributed by atoms with E-state index in [0.717, 1.165) is 6.54 Å². The minimum absolute atomic E-state index is 0.168. The lowest BCUT2D eigenvalue weighted by atomic mass is 10.3. The molecule has 1 rings (SSSR count). The van der Waals surface area contributed by atoms with Gasteiger partial charge in [0, 0.05) is 20.2 Å². The number of hydrogen-bond acceptors (Lipinski definition) is 5. The number of hydrogen-bond donors (Lipinski definition) is 1. The van der Waals surface area contributed by atoms with E-state index in [9.17, 15) is 4.79 Å². The molecular weight excluding hydrogens is 208 g/mol. The van der Waals surface area contributed by atoms with Crippen molar-refractivity contribution in [2.24, 2.45) is 5.73 Å². The van der Waals surface area contributed by atoms with Crippen LogP contribution >= 0.6 is 0 Å². The van der Waals surface area contributed by atoms with E-state index in [0.29, 0.717) is 19.0 Å². The topological polar surface area (TPSA) is 81.3 Å². The number of nitrogens with two attached hydrogens (primary N) is 1. The Labute approximate surface area is 94.4 Å². The first kappa shape index (κ1) is 12.4. The molecule has 6 heteroatoms. The van der Waals surface area contributed by atoms with Crippen LogP contribution in [0, 0.1) is 0 Å². The van der Waals surface area contributed by atoms with Gasteiger partial charge in [0.25, 0.3) is 5.91 Å². The van der Waals surface area contributed by atoms with Crippen LogP contribution in [0.3, 0.4) is 0 Å². The average molecular weight is 224 g/mol. The molecule has 0 aliphatic heterocycles. The largest absolute Gasteiger partial charge is 0.380 e. The van der Waals surface area contributed by atoms with Crippen LogP contribution in [-0.2, 0) is 4.74 Å². The maximum atomic E-state index is 10.8. The van der Waals surface area contributed by atoms with Crippen LogP contribution in [0.5, 0.6) is 0 Å². The highest BCUT2D eigenvalue weighted by Gasteiger charge is 2.06. The van der Waals surface area contributed by atoms with Crippen LogP contribution in [0.25, 0.3) is 0 Å². The van der Waals surface area contributed by atoms with E-state index < -0.39 is 5.91 Å². The van der Waals surface area contributed by atoms with Gasteiger partial charge in [0.15, 0.2) is 11.5 Å². The molecule has 0 radical (unpaired) electrons. The third kappa shape index (κ3) is 3.47. The highest BCUT2D eigenvalue weighted by Crippen LogP contribution is 2.06. The summed E-state index contributed by atoms with van der Waals surface area (Å²) in [6.45, 7) is 3.99. The molecule has 2 N–H and O–H groups in total. The zero-order valence-corrected chi connectivity index (χ0v) is 9.51. The van der Waals surface area contributed by atoms with Gasteiger partial charge in [-0.05, 0) is 19.1 Å². The maximum Gasteiger partial charge on any atom is 0.269 e. The van der Waals surface area contributed by atoms with Crippen LogP contribution in [0.4, 0.5) is 5.82 Å².